The first-order valence-electron chi connectivity index (χ1n) is 6.00. The first kappa shape index (κ1) is 15.4. The van der Waals surface area contributed by atoms with Gasteiger partial charge in [-0.1, -0.05) is 35.6 Å². The molecule has 0 bridgehead atoms. The zero-order chi connectivity index (χ0) is 15.3. The van der Waals surface area contributed by atoms with E-state index >= 15 is 0 Å². The van der Waals surface area contributed by atoms with Gasteiger partial charge in [0.25, 0.3) is 10.0 Å². The second-order valence-corrected chi connectivity index (χ2v) is 6.16. The van der Waals surface area contributed by atoms with Crippen molar-refractivity contribution in [3.63, 3.8) is 0 Å². The molecule has 2 aromatic rings. The Kier molecular flexibility index (Phi) is 4.86. The van der Waals surface area contributed by atoms with E-state index < -0.39 is 10.0 Å². The molecule has 0 saturated carbocycles. The van der Waals surface area contributed by atoms with Gasteiger partial charge in [0, 0.05) is 5.56 Å². The lowest BCUT2D eigenvalue weighted by Gasteiger charge is -2.09. The fraction of sp³-hybridized carbons (Fsp3) is 0.0667. The Morgan fingerprint density at radius 3 is 2.38 bits per heavy atom. The van der Waals surface area contributed by atoms with Crippen molar-refractivity contribution in [3.05, 3.63) is 59.1 Å². The maximum atomic E-state index is 12.2. The molecule has 0 spiro atoms. The second kappa shape index (κ2) is 6.64. The van der Waals surface area contributed by atoms with E-state index in [4.69, 9.17) is 16.7 Å². The third-order valence-corrected chi connectivity index (χ3v) is 4.31. The summed E-state index contributed by atoms with van der Waals surface area (Å²) in [5.41, 5.74) is 0.948. The summed E-state index contributed by atoms with van der Waals surface area (Å²) in [5.74, 6) is 5.19. The van der Waals surface area contributed by atoms with Crippen molar-refractivity contribution < 1.29 is 13.5 Å². The van der Waals surface area contributed by atoms with Crippen LogP contribution in [0.5, 0.6) is 0 Å². The first-order chi connectivity index (χ1) is 10.0. The lowest BCUT2D eigenvalue weighted by Crippen LogP contribution is -2.13. The summed E-state index contributed by atoms with van der Waals surface area (Å²) in [7, 11) is -3.71. The van der Waals surface area contributed by atoms with Crippen LogP contribution in [0.3, 0.4) is 0 Å². The lowest BCUT2D eigenvalue weighted by molar-refractivity contribution is 0.350. The number of aliphatic hydroxyl groups excluding tert-OH is 1. The van der Waals surface area contributed by atoms with Gasteiger partial charge in [-0.25, -0.2) is 8.42 Å². The quantitative estimate of drug-likeness (QED) is 0.854. The molecule has 0 saturated heterocycles. The molecule has 108 valence electrons. The monoisotopic (exact) mass is 321 g/mol. The topological polar surface area (TPSA) is 66.4 Å². The third-order valence-electron chi connectivity index (χ3n) is 2.59. The summed E-state index contributed by atoms with van der Waals surface area (Å²) in [6.45, 7) is -0.242. The summed E-state index contributed by atoms with van der Waals surface area (Å²) in [6, 6.07) is 12.6. The molecule has 2 N–H and O–H groups in total. The molecule has 0 aliphatic carbocycles. The summed E-state index contributed by atoms with van der Waals surface area (Å²) in [4.78, 5) is 0.108. The van der Waals surface area contributed by atoms with E-state index in [0.717, 1.165) is 0 Å². The van der Waals surface area contributed by atoms with Gasteiger partial charge in [-0.15, -0.1) is 0 Å². The van der Waals surface area contributed by atoms with Gasteiger partial charge in [0.2, 0.25) is 0 Å². The van der Waals surface area contributed by atoms with Gasteiger partial charge < -0.3 is 5.11 Å². The molecular weight excluding hydrogens is 310 g/mol. The number of aliphatic hydroxyl groups is 1. The molecule has 0 fully saturated rings. The molecule has 21 heavy (non-hydrogen) atoms. The van der Waals surface area contributed by atoms with E-state index in [1.807, 2.05) is 0 Å². The minimum atomic E-state index is -3.71. The fourth-order valence-corrected chi connectivity index (χ4v) is 2.93. The van der Waals surface area contributed by atoms with Crippen molar-refractivity contribution in [2.45, 2.75) is 4.90 Å². The maximum Gasteiger partial charge on any atom is 0.261 e. The van der Waals surface area contributed by atoms with Crippen molar-refractivity contribution in [1.29, 1.82) is 0 Å². The van der Waals surface area contributed by atoms with Crippen LogP contribution < -0.4 is 4.72 Å². The van der Waals surface area contributed by atoms with Gasteiger partial charge in [-0.3, -0.25) is 4.72 Å². The van der Waals surface area contributed by atoms with Crippen LogP contribution in [0.4, 0.5) is 5.69 Å². The van der Waals surface area contributed by atoms with E-state index in [1.165, 1.54) is 12.1 Å². The molecule has 4 nitrogen and oxygen atoms in total. The van der Waals surface area contributed by atoms with Gasteiger partial charge >= 0.3 is 0 Å². The van der Waals surface area contributed by atoms with Crippen LogP contribution in [0.25, 0.3) is 0 Å². The van der Waals surface area contributed by atoms with E-state index in [9.17, 15) is 8.42 Å². The Hall–Kier alpha value is -2.00. The van der Waals surface area contributed by atoms with Crippen LogP contribution in [-0.4, -0.2) is 20.1 Å². The highest BCUT2D eigenvalue weighted by molar-refractivity contribution is 7.92. The maximum absolute atomic E-state index is 12.2. The number of halogens is 1. The molecule has 0 amide bonds. The Bertz CT molecular complexity index is 790. The summed E-state index contributed by atoms with van der Waals surface area (Å²) >= 11 is 5.93. The first-order valence-corrected chi connectivity index (χ1v) is 7.86. The van der Waals surface area contributed by atoms with Crippen molar-refractivity contribution in [2.75, 3.05) is 11.3 Å². The number of benzene rings is 2. The zero-order valence-corrected chi connectivity index (χ0v) is 12.4. The van der Waals surface area contributed by atoms with E-state index in [-0.39, 0.29) is 11.5 Å². The number of para-hydroxylation sites is 1. The van der Waals surface area contributed by atoms with Crippen molar-refractivity contribution in [1.82, 2.24) is 0 Å². The van der Waals surface area contributed by atoms with Gasteiger partial charge in [0.05, 0.1) is 15.6 Å². The average molecular weight is 322 g/mol. The highest BCUT2D eigenvalue weighted by Crippen LogP contribution is 2.23. The predicted molar refractivity (Wildman–Crippen MR) is 82.7 cm³/mol. The molecule has 0 aromatic heterocycles. The van der Waals surface area contributed by atoms with Crippen LogP contribution in [0, 0.1) is 11.8 Å². The standard InChI is InChI=1S/C15H12ClNO3S/c16-14-5-1-2-6-15(14)17-21(19,20)13-9-7-12(8-10-13)4-3-11-18/h1-2,5-10,17-18H,11H2. The van der Waals surface area contributed by atoms with E-state index in [2.05, 4.69) is 16.6 Å². The Labute approximate surface area is 128 Å². The molecule has 0 aliphatic heterocycles. The van der Waals surface area contributed by atoms with Gasteiger partial charge in [-0.2, -0.15) is 0 Å². The number of nitrogens with one attached hydrogen (secondary N) is 1. The highest BCUT2D eigenvalue weighted by Gasteiger charge is 2.15. The van der Waals surface area contributed by atoms with E-state index in [1.54, 1.807) is 36.4 Å². The normalized spacial score (nSPS) is 10.6. The van der Waals surface area contributed by atoms with Gasteiger partial charge in [-0.05, 0) is 36.4 Å². The minimum Gasteiger partial charge on any atom is -0.384 e. The summed E-state index contributed by atoms with van der Waals surface area (Å²) in [6.07, 6.45) is 0. The Balaban J connectivity index is 2.26. The van der Waals surface area contributed by atoms with E-state index in [0.29, 0.717) is 16.3 Å². The van der Waals surface area contributed by atoms with Crippen molar-refractivity contribution in [2.24, 2.45) is 0 Å². The Morgan fingerprint density at radius 1 is 1.10 bits per heavy atom. The zero-order valence-electron chi connectivity index (χ0n) is 10.9. The predicted octanol–water partition coefficient (Wildman–Crippen LogP) is 2.48. The minimum absolute atomic E-state index is 0.108. The molecule has 2 aromatic carbocycles. The number of rotatable bonds is 3. The fourth-order valence-electron chi connectivity index (χ4n) is 1.61. The lowest BCUT2D eigenvalue weighted by atomic mass is 10.2. The SMILES string of the molecule is O=S(=O)(Nc1ccccc1Cl)c1ccc(C#CCO)cc1. The van der Waals surface area contributed by atoms with Crippen LogP contribution in [0.1, 0.15) is 5.56 Å². The van der Waals surface area contributed by atoms with Crippen LogP contribution >= 0.6 is 11.6 Å². The smallest absolute Gasteiger partial charge is 0.261 e. The van der Waals surface area contributed by atoms with Gasteiger partial charge in [0.1, 0.15) is 6.61 Å². The van der Waals surface area contributed by atoms with Crippen molar-refractivity contribution in [3.8, 4) is 11.8 Å². The Morgan fingerprint density at radius 2 is 1.76 bits per heavy atom. The molecule has 0 unspecified atom stereocenters. The van der Waals surface area contributed by atoms with Gasteiger partial charge in [0.15, 0.2) is 0 Å². The summed E-state index contributed by atoms with van der Waals surface area (Å²) < 4.78 is 26.9. The average Bonchev–Trinajstić information content (AvgIpc) is 2.48. The molecule has 2 rings (SSSR count). The number of sulfonamides is 1. The molecule has 6 heteroatoms. The molecule has 0 heterocycles. The number of hydrogen-bond donors (Lipinski definition) is 2. The molecule has 0 atom stereocenters. The molecule has 0 aliphatic rings. The second-order valence-electron chi connectivity index (χ2n) is 4.07. The number of anilines is 1. The van der Waals surface area contributed by atoms with Crippen LogP contribution in [0.2, 0.25) is 5.02 Å². The number of hydrogen-bond acceptors (Lipinski definition) is 3. The van der Waals surface area contributed by atoms with Crippen LogP contribution in [0.15, 0.2) is 53.4 Å². The van der Waals surface area contributed by atoms with Crippen LogP contribution in [-0.2, 0) is 10.0 Å². The molecule has 0 radical (unpaired) electrons. The highest BCUT2D eigenvalue weighted by atomic mass is 35.5. The molecular formula is C15H12ClNO3S. The largest absolute Gasteiger partial charge is 0.384 e. The van der Waals surface area contributed by atoms with Crippen molar-refractivity contribution >= 4 is 27.3 Å². The summed E-state index contributed by atoms with van der Waals surface area (Å²) in [5, 5.41) is 8.94. The third kappa shape index (κ3) is 3.99.